The number of halogens is 1. The fraction of sp³-hybridized carbons (Fsp3) is 0.0526. The first kappa shape index (κ1) is 14.6. The lowest BCUT2D eigenvalue weighted by atomic mass is 9.83. The van der Waals surface area contributed by atoms with Gasteiger partial charge in [-0.25, -0.2) is 0 Å². The molecule has 1 aromatic heterocycles. The highest BCUT2D eigenvalue weighted by atomic mass is 35.5. The third-order valence-corrected chi connectivity index (χ3v) is 4.52. The van der Waals surface area contributed by atoms with Crippen molar-refractivity contribution in [1.29, 1.82) is 5.26 Å². The molecule has 1 aliphatic heterocycles. The van der Waals surface area contributed by atoms with E-state index >= 15 is 0 Å². The average Bonchev–Trinajstić information content (AvgIpc) is 2.62. The maximum absolute atomic E-state index is 9.58. The third-order valence-electron chi connectivity index (χ3n) is 4.21. The molecule has 0 radical (unpaired) electrons. The number of rotatable bonds is 1. The van der Waals surface area contributed by atoms with Crippen LogP contribution in [0.3, 0.4) is 0 Å². The maximum Gasteiger partial charge on any atom is 0.205 e. The summed E-state index contributed by atoms with van der Waals surface area (Å²) in [6.45, 7) is 0. The van der Waals surface area contributed by atoms with Gasteiger partial charge in [-0.15, -0.1) is 0 Å². The van der Waals surface area contributed by atoms with E-state index in [1.54, 1.807) is 12.4 Å². The topological polar surface area (TPSA) is 71.9 Å². The molecule has 116 valence electrons. The fourth-order valence-corrected chi connectivity index (χ4v) is 3.42. The van der Waals surface area contributed by atoms with E-state index in [0.717, 1.165) is 21.9 Å². The van der Waals surface area contributed by atoms with Crippen molar-refractivity contribution in [1.82, 2.24) is 4.98 Å². The summed E-state index contributed by atoms with van der Waals surface area (Å²) in [6, 6.07) is 15.5. The number of hydrogen-bond acceptors (Lipinski definition) is 4. The largest absolute Gasteiger partial charge is 0.440 e. The maximum atomic E-state index is 9.58. The minimum atomic E-state index is -0.330. The van der Waals surface area contributed by atoms with Crippen molar-refractivity contribution in [3.05, 3.63) is 82.5 Å². The zero-order valence-electron chi connectivity index (χ0n) is 12.5. The summed E-state index contributed by atoms with van der Waals surface area (Å²) in [4.78, 5) is 4.05. The van der Waals surface area contributed by atoms with E-state index in [1.165, 1.54) is 0 Å². The van der Waals surface area contributed by atoms with E-state index in [9.17, 15) is 5.26 Å². The summed E-state index contributed by atoms with van der Waals surface area (Å²) >= 11 is 6.48. The Kier molecular flexibility index (Phi) is 3.37. The van der Waals surface area contributed by atoms with Gasteiger partial charge in [0, 0.05) is 33.8 Å². The number of nitrogens with zero attached hydrogens (tertiary/aromatic N) is 2. The first-order chi connectivity index (χ1) is 11.7. The quantitative estimate of drug-likeness (QED) is 0.727. The summed E-state index contributed by atoms with van der Waals surface area (Å²) in [5.74, 6) is 0.441. The highest BCUT2D eigenvalue weighted by Gasteiger charge is 2.32. The van der Waals surface area contributed by atoms with Crippen molar-refractivity contribution in [3.63, 3.8) is 0 Å². The number of aromatic nitrogens is 1. The number of pyridine rings is 1. The van der Waals surface area contributed by atoms with Gasteiger partial charge in [0.25, 0.3) is 0 Å². The molecule has 0 saturated carbocycles. The van der Waals surface area contributed by atoms with Crippen LogP contribution in [-0.4, -0.2) is 4.98 Å². The lowest BCUT2D eigenvalue weighted by Crippen LogP contribution is -2.21. The molecule has 24 heavy (non-hydrogen) atoms. The molecule has 2 aromatic carbocycles. The van der Waals surface area contributed by atoms with Gasteiger partial charge in [-0.1, -0.05) is 35.9 Å². The monoisotopic (exact) mass is 333 g/mol. The number of fused-ring (bicyclic) bond motifs is 3. The molecule has 0 aliphatic carbocycles. The summed E-state index contributed by atoms with van der Waals surface area (Å²) in [5.41, 5.74) is 8.17. The summed E-state index contributed by atoms with van der Waals surface area (Å²) in [5, 5.41) is 12.0. The zero-order valence-corrected chi connectivity index (χ0v) is 13.3. The van der Waals surface area contributed by atoms with Crippen molar-refractivity contribution in [2.24, 2.45) is 5.73 Å². The number of hydrogen-bond donors (Lipinski definition) is 1. The van der Waals surface area contributed by atoms with Crippen LogP contribution in [0, 0.1) is 11.3 Å². The fourth-order valence-electron chi connectivity index (χ4n) is 3.14. The van der Waals surface area contributed by atoms with Gasteiger partial charge in [0.15, 0.2) is 0 Å². The van der Waals surface area contributed by atoms with Crippen LogP contribution in [0.25, 0.3) is 10.8 Å². The molecule has 0 fully saturated rings. The van der Waals surface area contributed by atoms with E-state index in [-0.39, 0.29) is 11.8 Å². The second-order valence-electron chi connectivity index (χ2n) is 5.53. The first-order valence-electron chi connectivity index (χ1n) is 7.39. The van der Waals surface area contributed by atoms with Crippen molar-refractivity contribution in [3.8, 4) is 11.8 Å². The van der Waals surface area contributed by atoms with Gasteiger partial charge in [0.1, 0.15) is 17.4 Å². The second-order valence-corrected chi connectivity index (χ2v) is 5.93. The minimum absolute atomic E-state index is 0.124. The number of benzene rings is 2. The Morgan fingerprint density at radius 2 is 1.83 bits per heavy atom. The van der Waals surface area contributed by atoms with Crippen LogP contribution >= 0.6 is 11.6 Å². The van der Waals surface area contributed by atoms with Crippen LogP contribution in [0.15, 0.2) is 66.3 Å². The number of nitriles is 1. The highest BCUT2D eigenvalue weighted by Crippen LogP contribution is 2.47. The molecule has 0 saturated heterocycles. The molecule has 1 aliphatic rings. The molecule has 5 heteroatoms. The molecule has 0 amide bonds. The van der Waals surface area contributed by atoms with Gasteiger partial charge in [-0.3, -0.25) is 4.98 Å². The Morgan fingerprint density at radius 1 is 1.12 bits per heavy atom. The van der Waals surface area contributed by atoms with Crippen molar-refractivity contribution in [2.75, 3.05) is 0 Å². The van der Waals surface area contributed by atoms with Gasteiger partial charge in [0.05, 0.1) is 5.92 Å². The molecule has 0 spiro atoms. The normalized spacial score (nSPS) is 16.4. The summed E-state index contributed by atoms with van der Waals surface area (Å²) in [6.07, 6.45) is 3.39. The predicted molar refractivity (Wildman–Crippen MR) is 92.5 cm³/mol. The van der Waals surface area contributed by atoms with E-state index in [2.05, 4.69) is 11.1 Å². The Labute approximate surface area is 143 Å². The lowest BCUT2D eigenvalue weighted by Gasteiger charge is -2.27. The molecule has 1 atom stereocenters. The number of allylic oxidation sites excluding steroid dienone is 1. The van der Waals surface area contributed by atoms with Gasteiger partial charge in [0.2, 0.25) is 5.88 Å². The Balaban J connectivity index is 2.07. The summed E-state index contributed by atoms with van der Waals surface area (Å²) < 4.78 is 5.82. The van der Waals surface area contributed by atoms with Crippen molar-refractivity contribution >= 4 is 22.4 Å². The molecular weight excluding hydrogens is 322 g/mol. The molecule has 4 rings (SSSR count). The Hall–Kier alpha value is -3.03. The van der Waals surface area contributed by atoms with Crippen molar-refractivity contribution in [2.45, 2.75) is 5.92 Å². The van der Waals surface area contributed by atoms with Gasteiger partial charge in [-0.05, 0) is 23.8 Å². The highest BCUT2D eigenvalue weighted by molar-refractivity contribution is 6.36. The van der Waals surface area contributed by atoms with Crippen molar-refractivity contribution < 1.29 is 4.74 Å². The van der Waals surface area contributed by atoms with Gasteiger partial charge < -0.3 is 10.5 Å². The van der Waals surface area contributed by atoms with E-state index in [0.29, 0.717) is 16.3 Å². The van der Waals surface area contributed by atoms with E-state index < -0.39 is 0 Å². The zero-order chi connectivity index (χ0) is 16.7. The van der Waals surface area contributed by atoms with Crippen LogP contribution in [0.5, 0.6) is 5.75 Å². The second kappa shape index (κ2) is 5.55. The molecular formula is C19H12ClN3O. The molecule has 3 aromatic rings. The summed E-state index contributed by atoms with van der Waals surface area (Å²) in [7, 11) is 0. The Bertz CT molecular complexity index is 1020. The average molecular weight is 334 g/mol. The number of nitrogens with two attached hydrogens (primary N) is 1. The van der Waals surface area contributed by atoms with E-state index in [4.69, 9.17) is 22.1 Å². The number of ether oxygens (including phenoxy) is 1. The van der Waals surface area contributed by atoms with Crippen LogP contribution in [-0.2, 0) is 0 Å². The molecule has 4 nitrogen and oxygen atoms in total. The molecule has 2 N–H and O–H groups in total. The van der Waals surface area contributed by atoms with Crippen LogP contribution < -0.4 is 10.5 Å². The first-order valence-corrected chi connectivity index (χ1v) is 7.77. The van der Waals surface area contributed by atoms with E-state index in [1.807, 2.05) is 42.5 Å². The standard InChI is InChI=1S/C19H12ClN3O/c20-16-9-14-17(11-5-7-23-8-6-11)15(10-21)19(22)24-18(14)13-4-2-1-3-12(13)16/h1-9,17H,22H2/t17-/m0/s1. The lowest BCUT2D eigenvalue weighted by molar-refractivity contribution is 0.398. The van der Waals surface area contributed by atoms with Crippen LogP contribution in [0.1, 0.15) is 17.0 Å². The van der Waals surface area contributed by atoms with Crippen LogP contribution in [0.2, 0.25) is 5.02 Å². The molecule has 0 unspecified atom stereocenters. The smallest absolute Gasteiger partial charge is 0.205 e. The minimum Gasteiger partial charge on any atom is -0.440 e. The molecule has 0 bridgehead atoms. The molecule has 2 heterocycles. The SMILES string of the molecule is N#CC1=C(N)Oc2c(cc(Cl)c3ccccc23)[C@@H]1c1ccncc1. The van der Waals surface area contributed by atoms with Crippen LogP contribution in [0.4, 0.5) is 0 Å². The van der Waals surface area contributed by atoms with Gasteiger partial charge >= 0.3 is 0 Å². The Morgan fingerprint density at radius 3 is 2.54 bits per heavy atom. The van der Waals surface area contributed by atoms with Gasteiger partial charge in [-0.2, -0.15) is 5.26 Å². The third kappa shape index (κ3) is 2.10. The predicted octanol–water partition coefficient (Wildman–Crippen LogP) is 4.11.